The van der Waals surface area contributed by atoms with E-state index in [1.807, 2.05) is 18.2 Å². The van der Waals surface area contributed by atoms with Crippen LogP contribution in [0.25, 0.3) is 0 Å². The van der Waals surface area contributed by atoms with Gasteiger partial charge in [0.25, 0.3) is 0 Å². The molecule has 0 unspecified atom stereocenters. The summed E-state index contributed by atoms with van der Waals surface area (Å²) in [5, 5.41) is 13.6. The predicted molar refractivity (Wildman–Crippen MR) is 106 cm³/mol. The Labute approximate surface area is 157 Å². The Morgan fingerprint density at radius 3 is 2.23 bits per heavy atom. The van der Waals surface area contributed by atoms with Gasteiger partial charge in [0.1, 0.15) is 0 Å². The van der Waals surface area contributed by atoms with Gasteiger partial charge in [-0.1, -0.05) is 74.5 Å². The maximum atomic E-state index is 9.92. The lowest BCUT2D eigenvalue weighted by molar-refractivity contribution is -0.0611. The van der Waals surface area contributed by atoms with E-state index in [0.717, 1.165) is 24.9 Å². The molecule has 3 nitrogen and oxygen atoms in total. The van der Waals surface area contributed by atoms with Gasteiger partial charge in [0, 0.05) is 6.04 Å². The lowest BCUT2D eigenvalue weighted by Crippen LogP contribution is -2.58. The van der Waals surface area contributed by atoms with Crippen molar-refractivity contribution in [2.75, 3.05) is 13.2 Å². The van der Waals surface area contributed by atoms with Gasteiger partial charge in [0.2, 0.25) is 0 Å². The second-order valence-electron chi connectivity index (χ2n) is 8.15. The summed E-state index contributed by atoms with van der Waals surface area (Å²) >= 11 is 0. The van der Waals surface area contributed by atoms with Crippen LogP contribution >= 0.6 is 0 Å². The number of benzene rings is 2. The number of rotatable bonds is 7. The first kappa shape index (κ1) is 19.1. The molecule has 3 heteroatoms. The number of ether oxygens (including phenoxy) is 1. The van der Waals surface area contributed by atoms with Crippen LogP contribution in [0.15, 0.2) is 60.7 Å². The topological polar surface area (TPSA) is 41.5 Å². The van der Waals surface area contributed by atoms with Gasteiger partial charge in [0.05, 0.1) is 19.3 Å². The third-order valence-corrected chi connectivity index (χ3v) is 5.51. The van der Waals surface area contributed by atoms with Crippen LogP contribution in [0.4, 0.5) is 0 Å². The molecule has 0 spiro atoms. The zero-order valence-corrected chi connectivity index (χ0v) is 15.9. The van der Waals surface area contributed by atoms with Crippen molar-refractivity contribution in [3.63, 3.8) is 0 Å². The largest absolute Gasteiger partial charge is 0.394 e. The molecule has 1 aliphatic heterocycles. The third-order valence-electron chi connectivity index (χ3n) is 5.51. The van der Waals surface area contributed by atoms with Crippen molar-refractivity contribution < 1.29 is 9.84 Å². The zero-order valence-electron chi connectivity index (χ0n) is 15.9. The first-order valence-electron chi connectivity index (χ1n) is 9.62. The van der Waals surface area contributed by atoms with Crippen LogP contribution in [0.3, 0.4) is 0 Å². The summed E-state index contributed by atoms with van der Waals surface area (Å²) in [7, 11) is 0. The highest BCUT2D eigenvalue weighted by molar-refractivity contribution is 5.16. The molecule has 0 aromatic heterocycles. The maximum absolute atomic E-state index is 9.92. The lowest BCUT2D eigenvalue weighted by atomic mass is 9.70. The highest BCUT2D eigenvalue weighted by Crippen LogP contribution is 2.36. The molecule has 1 aliphatic rings. The molecule has 3 atom stereocenters. The first-order chi connectivity index (χ1) is 12.6. The molecule has 1 saturated heterocycles. The molecule has 2 N–H and O–H groups in total. The van der Waals surface area contributed by atoms with E-state index in [9.17, 15) is 5.11 Å². The van der Waals surface area contributed by atoms with Gasteiger partial charge in [-0.3, -0.25) is 0 Å². The first-order valence-corrected chi connectivity index (χ1v) is 9.62. The SMILES string of the molecule is CC1(C)C[C@H](Cc2ccccc2)CN[C@H]1[C@@H](CO)OCc1ccccc1. The van der Waals surface area contributed by atoms with Crippen molar-refractivity contribution in [3.05, 3.63) is 71.8 Å². The van der Waals surface area contributed by atoms with E-state index >= 15 is 0 Å². The highest BCUT2D eigenvalue weighted by Gasteiger charge is 2.41. The van der Waals surface area contributed by atoms with Crippen LogP contribution < -0.4 is 5.32 Å². The Balaban J connectivity index is 1.59. The molecule has 140 valence electrons. The minimum Gasteiger partial charge on any atom is -0.394 e. The minimum atomic E-state index is -0.192. The predicted octanol–water partition coefficient (Wildman–Crippen LogP) is 3.81. The molecule has 1 heterocycles. The van der Waals surface area contributed by atoms with Gasteiger partial charge in [-0.05, 0) is 41.8 Å². The summed E-state index contributed by atoms with van der Waals surface area (Å²) in [5.74, 6) is 0.608. The molecule has 0 radical (unpaired) electrons. The van der Waals surface area contributed by atoms with E-state index in [0.29, 0.717) is 12.5 Å². The zero-order chi connectivity index (χ0) is 18.4. The van der Waals surface area contributed by atoms with Crippen molar-refractivity contribution in [1.29, 1.82) is 0 Å². The molecule has 0 amide bonds. The van der Waals surface area contributed by atoms with Crippen LogP contribution in [0, 0.1) is 11.3 Å². The van der Waals surface area contributed by atoms with Crippen molar-refractivity contribution in [1.82, 2.24) is 5.32 Å². The normalized spacial score (nSPS) is 23.5. The van der Waals surface area contributed by atoms with Crippen molar-refractivity contribution >= 4 is 0 Å². The van der Waals surface area contributed by atoms with E-state index in [1.54, 1.807) is 0 Å². The smallest absolute Gasteiger partial charge is 0.0967 e. The average molecular weight is 354 g/mol. The quantitative estimate of drug-likeness (QED) is 0.795. The van der Waals surface area contributed by atoms with E-state index in [1.165, 1.54) is 5.56 Å². The van der Waals surface area contributed by atoms with Gasteiger partial charge in [0.15, 0.2) is 0 Å². The fourth-order valence-electron chi connectivity index (χ4n) is 4.27. The Morgan fingerprint density at radius 1 is 1.04 bits per heavy atom. The maximum Gasteiger partial charge on any atom is 0.0967 e. The molecule has 0 saturated carbocycles. The number of aliphatic hydroxyl groups excluding tert-OH is 1. The number of hydrogen-bond donors (Lipinski definition) is 2. The Kier molecular flexibility index (Phi) is 6.47. The van der Waals surface area contributed by atoms with Crippen molar-refractivity contribution in [2.45, 2.75) is 45.4 Å². The van der Waals surface area contributed by atoms with Gasteiger partial charge in [-0.2, -0.15) is 0 Å². The number of nitrogens with one attached hydrogen (secondary N) is 1. The summed E-state index contributed by atoms with van der Waals surface area (Å²) in [6, 6.07) is 21.0. The number of aliphatic hydroxyl groups is 1. The standard InChI is InChI=1S/C23H31NO2/c1-23(2)14-20(13-18-9-5-3-6-10-18)15-24-22(23)21(16-25)26-17-19-11-7-4-8-12-19/h3-12,20-22,24-25H,13-17H2,1-2H3/t20-,21+,22-/m0/s1. The Morgan fingerprint density at radius 2 is 1.65 bits per heavy atom. The van der Waals surface area contributed by atoms with E-state index in [4.69, 9.17) is 4.74 Å². The van der Waals surface area contributed by atoms with Gasteiger partial charge in [-0.15, -0.1) is 0 Å². The Bertz CT molecular complexity index is 656. The number of piperidine rings is 1. The van der Waals surface area contributed by atoms with Crippen LogP contribution in [0.2, 0.25) is 0 Å². The summed E-state index contributed by atoms with van der Waals surface area (Å²) in [4.78, 5) is 0. The Hall–Kier alpha value is -1.68. The minimum absolute atomic E-state index is 0.0390. The van der Waals surface area contributed by atoms with E-state index in [2.05, 4.69) is 61.6 Å². The third kappa shape index (κ3) is 4.94. The van der Waals surface area contributed by atoms with Gasteiger partial charge >= 0.3 is 0 Å². The lowest BCUT2D eigenvalue weighted by Gasteiger charge is -2.46. The second-order valence-corrected chi connectivity index (χ2v) is 8.15. The molecule has 1 fully saturated rings. The molecule has 3 rings (SSSR count). The van der Waals surface area contributed by atoms with Crippen LogP contribution in [0.1, 0.15) is 31.4 Å². The van der Waals surface area contributed by atoms with Gasteiger partial charge in [-0.25, -0.2) is 0 Å². The summed E-state index contributed by atoms with van der Waals surface area (Å²) in [6.07, 6.45) is 2.03. The van der Waals surface area contributed by atoms with Crippen molar-refractivity contribution in [2.24, 2.45) is 11.3 Å². The fraction of sp³-hybridized carbons (Fsp3) is 0.478. The fourth-order valence-corrected chi connectivity index (χ4v) is 4.27. The highest BCUT2D eigenvalue weighted by atomic mass is 16.5. The summed E-state index contributed by atoms with van der Waals surface area (Å²) in [5.41, 5.74) is 2.61. The van der Waals surface area contributed by atoms with Crippen molar-refractivity contribution in [3.8, 4) is 0 Å². The van der Waals surface area contributed by atoms with E-state index < -0.39 is 0 Å². The van der Waals surface area contributed by atoms with Crippen LogP contribution in [-0.2, 0) is 17.8 Å². The number of hydrogen-bond acceptors (Lipinski definition) is 3. The summed E-state index contributed by atoms with van der Waals surface area (Å²) in [6.45, 7) is 6.12. The molecule has 2 aromatic carbocycles. The average Bonchev–Trinajstić information content (AvgIpc) is 2.65. The molecular formula is C23H31NO2. The van der Waals surface area contributed by atoms with Crippen LogP contribution in [0.5, 0.6) is 0 Å². The van der Waals surface area contributed by atoms with Crippen LogP contribution in [-0.4, -0.2) is 30.4 Å². The monoisotopic (exact) mass is 353 g/mol. The molecule has 0 aliphatic carbocycles. The molecule has 0 bridgehead atoms. The van der Waals surface area contributed by atoms with E-state index in [-0.39, 0.29) is 24.2 Å². The summed E-state index contributed by atoms with van der Waals surface area (Å²) < 4.78 is 6.09. The van der Waals surface area contributed by atoms with Gasteiger partial charge < -0.3 is 15.2 Å². The molecule has 2 aromatic rings. The second kappa shape index (κ2) is 8.81. The molecule has 26 heavy (non-hydrogen) atoms. The molecular weight excluding hydrogens is 322 g/mol.